The summed E-state index contributed by atoms with van der Waals surface area (Å²) in [7, 11) is 0. The molecule has 2 aromatic heterocycles. The summed E-state index contributed by atoms with van der Waals surface area (Å²) in [6, 6.07) is 8.60. The Morgan fingerprint density at radius 3 is 2.38 bits per heavy atom. The molecular formula is C21H23N3O4S. The number of ketones is 1. The zero-order valence-corrected chi connectivity index (χ0v) is 17.8. The number of carbonyl (C=O) groups excluding carboxylic acids is 2. The van der Waals surface area contributed by atoms with Crippen LogP contribution in [0.1, 0.15) is 43.8 Å². The van der Waals surface area contributed by atoms with Gasteiger partial charge in [-0.2, -0.15) is 0 Å². The Labute approximate surface area is 173 Å². The van der Waals surface area contributed by atoms with E-state index >= 15 is 0 Å². The zero-order valence-electron chi connectivity index (χ0n) is 17.0. The van der Waals surface area contributed by atoms with Gasteiger partial charge in [0, 0.05) is 16.7 Å². The van der Waals surface area contributed by atoms with Crippen LogP contribution in [0.25, 0.3) is 11.5 Å². The largest absolute Gasteiger partial charge is 0.469 e. The van der Waals surface area contributed by atoms with Gasteiger partial charge in [0.1, 0.15) is 5.76 Å². The van der Waals surface area contributed by atoms with Gasteiger partial charge in [0.05, 0.1) is 17.1 Å². The summed E-state index contributed by atoms with van der Waals surface area (Å²) in [5.41, 5.74) is 1.44. The average molecular weight is 413 g/mol. The van der Waals surface area contributed by atoms with Crippen molar-refractivity contribution < 1.29 is 18.4 Å². The van der Waals surface area contributed by atoms with Crippen LogP contribution in [0, 0.1) is 12.3 Å². The Balaban J connectivity index is 1.64. The third kappa shape index (κ3) is 4.95. The van der Waals surface area contributed by atoms with Gasteiger partial charge in [-0.15, -0.1) is 10.2 Å². The van der Waals surface area contributed by atoms with Crippen LogP contribution >= 0.6 is 11.8 Å². The van der Waals surface area contributed by atoms with E-state index in [0.29, 0.717) is 28.1 Å². The van der Waals surface area contributed by atoms with Gasteiger partial charge >= 0.3 is 0 Å². The molecule has 1 amide bonds. The molecule has 3 rings (SSSR count). The van der Waals surface area contributed by atoms with Crippen LogP contribution in [0.5, 0.6) is 0 Å². The second-order valence-electron chi connectivity index (χ2n) is 7.67. The fourth-order valence-electron chi connectivity index (χ4n) is 2.45. The number of carbonyl (C=O) groups is 2. The molecule has 0 aliphatic heterocycles. The maximum Gasteiger partial charge on any atom is 0.277 e. The van der Waals surface area contributed by atoms with Gasteiger partial charge in [-0.25, -0.2) is 0 Å². The van der Waals surface area contributed by atoms with Crippen molar-refractivity contribution in [3.8, 4) is 11.5 Å². The number of thioether (sulfide) groups is 1. The van der Waals surface area contributed by atoms with Crippen molar-refractivity contribution in [2.45, 2.75) is 45.1 Å². The van der Waals surface area contributed by atoms with Crippen LogP contribution in [0.2, 0.25) is 0 Å². The monoisotopic (exact) mass is 413 g/mol. The van der Waals surface area contributed by atoms with Crippen molar-refractivity contribution in [1.29, 1.82) is 0 Å². The minimum atomic E-state index is -0.489. The maximum absolute atomic E-state index is 12.7. The molecule has 152 valence electrons. The van der Waals surface area contributed by atoms with Gasteiger partial charge in [-0.3, -0.25) is 9.59 Å². The standard InChI is InChI=1S/C21H23N3O4S/c1-12-16(10-11-27-12)18-23-24-20(28-18)29-13(2)17(25)14-6-8-15(9-7-14)22-19(26)21(3,4)5/h6-11,13H,1-5H3,(H,22,26)/t13-/m0/s1. The Hall–Kier alpha value is -2.87. The molecule has 29 heavy (non-hydrogen) atoms. The number of amides is 1. The number of hydrogen-bond acceptors (Lipinski definition) is 7. The summed E-state index contributed by atoms with van der Waals surface area (Å²) in [5.74, 6) is 0.897. The Morgan fingerprint density at radius 1 is 1.10 bits per heavy atom. The highest BCUT2D eigenvalue weighted by Crippen LogP contribution is 2.29. The summed E-state index contributed by atoms with van der Waals surface area (Å²) >= 11 is 1.20. The van der Waals surface area contributed by atoms with E-state index in [9.17, 15) is 9.59 Å². The first kappa shape index (κ1) is 20.9. The fourth-order valence-corrected chi connectivity index (χ4v) is 3.21. The van der Waals surface area contributed by atoms with Crippen LogP contribution in [-0.2, 0) is 4.79 Å². The number of aromatic nitrogens is 2. The molecule has 1 N–H and O–H groups in total. The molecule has 0 fully saturated rings. The second-order valence-corrected chi connectivity index (χ2v) is 8.96. The molecular weight excluding hydrogens is 390 g/mol. The van der Waals surface area contributed by atoms with Gasteiger partial charge < -0.3 is 14.2 Å². The molecule has 1 atom stereocenters. The van der Waals surface area contributed by atoms with E-state index in [-0.39, 0.29) is 11.7 Å². The highest BCUT2D eigenvalue weighted by Gasteiger charge is 2.23. The third-order valence-corrected chi connectivity index (χ3v) is 5.19. The summed E-state index contributed by atoms with van der Waals surface area (Å²) < 4.78 is 10.9. The number of rotatable bonds is 6. The molecule has 0 unspecified atom stereocenters. The molecule has 0 radical (unpaired) electrons. The summed E-state index contributed by atoms with van der Waals surface area (Å²) in [4.78, 5) is 24.8. The molecule has 2 heterocycles. The van der Waals surface area contributed by atoms with E-state index in [1.807, 2.05) is 27.7 Å². The van der Waals surface area contributed by atoms with Crippen molar-refractivity contribution in [3.63, 3.8) is 0 Å². The van der Waals surface area contributed by atoms with Crippen LogP contribution in [0.4, 0.5) is 5.69 Å². The van der Waals surface area contributed by atoms with Crippen LogP contribution in [0.15, 0.2) is 50.7 Å². The topological polar surface area (TPSA) is 98.2 Å². The van der Waals surface area contributed by atoms with Crippen molar-refractivity contribution in [3.05, 3.63) is 47.9 Å². The molecule has 0 aliphatic rings. The number of benzene rings is 1. The maximum atomic E-state index is 12.7. The molecule has 0 spiro atoms. The first-order chi connectivity index (χ1) is 13.6. The molecule has 0 aliphatic carbocycles. The van der Waals surface area contributed by atoms with E-state index in [4.69, 9.17) is 8.83 Å². The fraction of sp³-hybridized carbons (Fsp3) is 0.333. The summed E-state index contributed by atoms with van der Waals surface area (Å²) in [6.07, 6.45) is 1.56. The van der Waals surface area contributed by atoms with Gasteiger partial charge in [-0.05, 0) is 44.2 Å². The van der Waals surface area contributed by atoms with Gasteiger partial charge in [0.15, 0.2) is 5.78 Å². The SMILES string of the molecule is Cc1occc1-c1nnc(S[C@@H](C)C(=O)c2ccc(NC(=O)C(C)(C)C)cc2)o1. The minimum absolute atomic E-state index is 0.0667. The quantitative estimate of drug-likeness (QED) is 0.449. The molecule has 0 saturated carbocycles. The number of aryl methyl sites for hydroxylation is 1. The minimum Gasteiger partial charge on any atom is -0.469 e. The lowest BCUT2D eigenvalue weighted by Crippen LogP contribution is -2.27. The second kappa shape index (κ2) is 8.24. The Bertz CT molecular complexity index is 1020. The normalized spacial score (nSPS) is 12.6. The molecule has 3 aromatic rings. The highest BCUT2D eigenvalue weighted by atomic mass is 32.2. The zero-order chi connectivity index (χ0) is 21.2. The molecule has 8 heteroatoms. The van der Waals surface area contributed by atoms with E-state index in [1.54, 1.807) is 43.5 Å². The number of nitrogens with one attached hydrogen (secondary N) is 1. The van der Waals surface area contributed by atoms with Crippen molar-refractivity contribution in [1.82, 2.24) is 10.2 Å². The average Bonchev–Trinajstić information content (AvgIpc) is 3.29. The van der Waals surface area contributed by atoms with Crippen molar-refractivity contribution in [2.24, 2.45) is 5.41 Å². The van der Waals surface area contributed by atoms with Crippen molar-refractivity contribution in [2.75, 3.05) is 5.32 Å². The first-order valence-corrected chi connectivity index (χ1v) is 10.0. The number of nitrogens with zero attached hydrogens (tertiary/aromatic N) is 2. The van der Waals surface area contributed by atoms with Gasteiger partial charge in [0.2, 0.25) is 5.91 Å². The van der Waals surface area contributed by atoms with E-state index in [1.165, 1.54) is 11.8 Å². The predicted molar refractivity (Wildman–Crippen MR) is 111 cm³/mol. The van der Waals surface area contributed by atoms with E-state index < -0.39 is 10.7 Å². The molecule has 0 bridgehead atoms. The molecule has 0 saturated heterocycles. The van der Waals surface area contributed by atoms with E-state index in [2.05, 4.69) is 15.5 Å². The van der Waals surface area contributed by atoms with Crippen molar-refractivity contribution >= 4 is 29.1 Å². The van der Waals surface area contributed by atoms with Gasteiger partial charge in [0.25, 0.3) is 11.1 Å². The van der Waals surface area contributed by atoms with Crippen LogP contribution < -0.4 is 5.32 Å². The summed E-state index contributed by atoms with van der Waals surface area (Å²) in [5, 5.41) is 10.8. The Morgan fingerprint density at radius 2 is 1.79 bits per heavy atom. The van der Waals surface area contributed by atoms with E-state index in [0.717, 1.165) is 5.56 Å². The lowest BCUT2D eigenvalue weighted by molar-refractivity contribution is -0.123. The first-order valence-electron chi connectivity index (χ1n) is 9.15. The number of Topliss-reactive ketones (excluding diaryl/α,β-unsaturated/α-hetero) is 1. The lowest BCUT2D eigenvalue weighted by Gasteiger charge is -2.17. The molecule has 7 nitrogen and oxygen atoms in total. The van der Waals surface area contributed by atoms with Crippen LogP contribution in [0.3, 0.4) is 0 Å². The number of furan rings is 1. The molecule has 1 aromatic carbocycles. The highest BCUT2D eigenvalue weighted by molar-refractivity contribution is 8.00. The Kier molecular flexibility index (Phi) is 5.93. The lowest BCUT2D eigenvalue weighted by atomic mass is 9.95. The summed E-state index contributed by atoms with van der Waals surface area (Å²) in [6.45, 7) is 9.13. The van der Waals surface area contributed by atoms with Crippen LogP contribution in [-0.4, -0.2) is 27.1 Å². The third-order valence-electron chi connectivity index (χ3n) is 4.25. The number of hydrogen-bond donors (Lipinski definition) is 1. The van der Waals surface area contributed by atoms with Gasteiger partial charge in [-0.1, -0.05) is 32.5 Å². The predicted octanol–water partition coefficient (Wildman–Crippen LogP) is 4.99. The smallest absolute Gasteiger partial charge is 0.277 e. The number of anilines is 1.